The molecule has 0 saturated heterocycles. The Balaban J connectivity index is 2.61. The van der Waals surface area contributed by atoms with Crippen molar-refractivity contribution in [1.82, 2.24) is 0 Å². The molecule has 0 aliphatic heterocycles. The van der Waals surface area contributed by atoms with E-state index in [1.54, 1.807) is 18.4 Å². The normalized spacial score (nSPS) is 11.6. The largest absolute Gasteiger partial charge is 0.469 e. The van der Waals surface area contributed by atoms with Gasteiger partial charge in [0.2, 0.25) is 0 Å². The van der Waals surface area contributed by atoms with Crippen LogP contribution in [0.1, 0.15) is 19.6 Å². The molecule has 1 aromatic heterocycles. The van der Waals surface area contributed by atoms with Gasteiger partial charge in [-0.15, -0.1) is 0 Å². The fourth-order valence-corrected chi connectivity index (χ4v) is 0.925. The van der Waals surface area contributed by atoms with E-state index < -0.39 is 5.41 Å². The second-order valence-electron chi connectivity index (χ2n) is 3.77. The molecule has 1 aromatic rings. The number of carbonyl (C=O) groups is 1. The van der Waals surface area contributed by atoms with Gasteiger partial charge in [0.1, 0.15) is 11.5 Å². The number of nitrogens with two attached hydrogens (primary N) is 1. The third-order valence-electron chi connectivity index (χ3n) is 2.18. The zero-order valence-corrected chi connectivity index (χ0v) is 8.04. The highest BCUT2D eigenvalue weighted by Crippen LogP contribution is 2.17. The number of furan rings is 1. The third-order valence-corrected chi connectivity index (χ3v) is 2.18. The monoisotopic (exact) mass is 181 g/mol. The lowest BCUT2D eigenvalue weighted by molar-refractivity contribution is -0.126. The van der Waals surface area contributed by atoms with E-state index in [0.717, 1.165) is 0 Å². The highest BCUT2D eigenvalue weighted by atomic mass is 16.3. The summed E-state index contributed by atoms with van der Waals surface area (Å²) in [6.07, 6.45) is 1.90. The first-order chi connectivity index (χ1) is 6.06. The molecule has 0 aromatic carbocycles. The standard InChI is InChI=1S/C10H15NO2/c1-10(2,7-11)9(12)6-8-4-3-5-13-8/h3-5H,6-7,11H2,1-2H3. The van der Waals surface area contributed by atoms with Gasteiger partial charge in [-0.3, -0.25) is 4.79 Å². The molecule has 0 aliphatic carbocycles. The van der Waals surface area contributed by atoms with Crippen molar-refractivity contribution in [2.24, 2.45) is 11.1 Å². The number of ketones is 1. The maximum atomic E-state index is 11.6. The maximum Gasteiger partial charge on any atom is 0.147 e. The summed E-state index contributed by atoms with van der Waals surface area (Å²) in [6, 6.07) is 3.57. The van der Waals surface area contributed by atoms with Gasteiger partial charge >= 0.3 is 0 Å². The molecule has 0 unspecified atom stereocenters. The van der Waals surface area contributed by atoms with Crippen LogP contribution in [0.2, 0.25) is 0 Å². The highest BCUT2D eigenvalue weighted by molar-refractivity contribution is 5.85. The Morgan fingerprint density at radius 3 is 2.77 bits per heavy atom. The Hall–Kier alpha value is -1.09. The van der Waals surface area contributed by atoms with E-state index >= 15 is 0 Å². The Bertz CT molecular complexity index is 275. The molecule has 0 aliphatic rings. The van der Waals surface area contributed by atoms with E-state index in [-0.39, 0.29) is 5.78 Å². The van der Waals surface area contributed by atoms with E-state index in [0.29, 0.717) is 18.7 Å². The molecule has 2 N–H and O–H groups in total. The smallest absolute Gasteiger partial charge is 0.147 e. The summed E-state index contributed by atoms with van der Waals surface area (Å²) in [5.74, 6) is 0.816. The minimum Gasteiger partial charge on any atom is -0.469 e. The topological polar surface area (TPSA) is 56.2 Å². The van der Waals surface area contributed by atoms with Crippen LogP contribution < -0.4 is 5.73 Å². The second kappa shape index (κ2) is 3.75. The molecule has 0 radical (unpaired) electrons. The molecule has 1 heterocycles. The van der Waals surface area contributed by atoms with Gasteiger partial charge in [-0.05, 0) is 12.1 Å². The van der Waals surface area contributed by atoms with E-state index in [2.05, 4.69) is 0 Å². The van der Waals surface area contributed by atoms with Crippen molar-refractivity contribution in [3.05, 3.63) is 24.2 Å². The lowest BCUT2D eigenvalue weighted by atomic mass is 9.86. The average Bonchev–Trinajstić information content (AvgIpc) is 2.57. The van der Waals surface area contributed by atoms with Crippen LogP contribution in [-0.4, -0.2) is 12.3 Å². The number of rotatable bonds is 4. The average molecular weight is 181 g/mol. The quantitative estimate of drug-likeness (QED) is 0.763. The number of hydrogen-bond donors (Lipinski definition) is 1. The predicted octanol–water partition coefficient (Wildman–Crippen LogP) is 1.38. The first-order valence-electron chi connectivity index (χ1n) is 4.32. The van der Waals surface area contributed by atoms with Crippen LogP contribution in [-0.2, 0) is 11.2 Å². The number of carbonyl (C=O) groups excluding carboxylic acids is 1. The molecule has 3 heteroatoms. The van der Waals surface area contributed by atoms with Crippen molar-refractivity contribution in [2.45, 2.75) is 20.3 Å². The van der Waals surface area contributed by atoms with E-state index in [1.165, 1.54) is 0 Å². The summed E-state index contributed by atoms with van der Waals surface area (Å²) in [5.41, 5.74) is 5.03. The molecule has 0 atom stereocenters. The summed E-state index contributed by atoms with van der Waals surface area (Å²) in [5, 5.41) is 0. The van der Waals surface area contributed by atoms with Crippen molar-refractivity contribution >= 4 is 5.78 Å². The minimum absolute atomic E-state index is 0.116. The fraction of sp³-hybridized carbons (Fsp3) is 0.500. The van der Waals surface area contributed by atoms with Gasteiger partial charge in [0, 0.05) is 12.0 Å². The first kappa shape index (κ1) is 9.99. The Morgan fingerprint density at radius 2 is 2.31 bits per heavy atom. The van der Waals surface area contributed by atoms with Crippen molar-refractivity contribution in [1.29, 1.82) is 0 Å². The molecule has 0 spiro atoms. The van der Waals surface area contributed by atoms with Crippen LogP contribution in [0.4, 0.5) is 0 Å². The molecular formula is C10H15NO2. The molecule has 3 nitrogen and oxygen atoms in total. The minimum atomic E-state index is -0.452. The van der Waals surface area contributed by atoms with Crippen LogP contribution in [0.15, 0.2) is 22.8 Å². The lowest BCUT2D eigenvalue weighted by Crippen LogP contribution is -2.33. The van der Waals surface area contributed by atoms with Crippen LogP contribution in [0.3, 0.4) is 0 Å². The molecule has 13 heavy (non-hydrogen) atoms. The molecular weight excluding hydrogens is 166 g/mol. The number of hydrogen-bond acceptors (Lipinski definition) is 3. The first-order valence-corrected chi connectivity index (χ1v) is 4.32. The summed E-state index contributed by atoms with van der Waals surface area (Å²) >= 11 is 0. The van der Waals surface area contributed by atoms with Crippen molar-refractivity contribution in [3.63, 3.8) is 0 Å². The SMILES string of the molecule is CC(C)(CN)C(=O)Cc1ccco1. The van der Waals surface area contributed by atoms with Gasteiger partial charge in [0.15, 0.2) is 0 Å². The molecule has 0 bridgehead atoms. The molecule has 1 rings (SSSR count). The zero-order valence-electron chi connectivity index (χ0n) is 8.04. The van der Waals surface area contributed by atoms with Crippen molar-refractivity contribution in [2.75, 3.05) is 6.54 Å². The molecule has 0 saturated carbocycles. The Morgan fingerprint density at radius 1 is 1.62 bits per heavy atom. The van der Waals surface area contributed by atoms with E-state index in [9.17, 15) is 4.79 Å². The molecule has 0 fully saturated rings. The predicted molar refractivity (Wildman–Crippen MR) is 50.3 cm³/mol. The van der Waals surface area contributed by atoms with Crippen LogP contribution in [0.5, 0.6) is 0 Å². The van der Waals surface area contributed by atoms with Crippen LogP contribution in [0, 0.1) is 5.41 Å². The van der Waals surface area contributed by atoms with Gasteiger partial charge < -0.3 is 10.2 Å². The van der Waals surface area contributed by atoms with Crippen molar-refractivity contribution in [3.8, 4) is 0 Å². The summed E-state index contributed by atoms with van der Waals surface area (Å²) < 4.78 is 5.08. The highest BCUT2D eigenvalue weighted by Gasteiger charge is 2.25. The summed E-state index contributed by atoms with van der Waals surface area (Å²) in [6.45, 7) is 4.06. The Labute approximate surface area is 77.9 Å². The van der Waals surface area contributed by atoms with Crippen molar-refractivity contribution < 1.29 is 9.21 Å². The van der Waals surface area contributed by atoms with Crippen LogP contribution in [0.25, 0.3) is 0 Å². The summed E-state index contributed by atoms with van der Waals surface area (Å²) in [7, 11) is 0. The van der Waals surface area contributed by atoms with Gasteiger partial charge in [0.25, 0.3) is 0 Å². The van der Waals surface area contributed by atoms with Gasteiger partial charge in [-0.1, -0.05) is 13.8 Å². The second-order valence-corrected chi connectivity index (χ2v) is 3.77. The lowest BCUT2D eigenvalue weighted by Gasteiger charge is -2.19. The Kier molecular flexibility index (Phi) is 2.88. The van der Waals surface area contributed by atoms with E-state index in [1.807, 2.05) is 13.8 Å². The zero-order chi connectivity index (χ0) is 9.90. The van der Waals surface area contributed by atoms with Gasteiger partial charge in [-0.25, -0.2) is 0 Å². The fourth-order valence-electron chi connectivity index (χ4n) is 0.925. The van der Waals surface area contributed by atoms with Crippen LogP contribution >= 0.6 is 0 Å². The third kappa shape index (κ3) is 2.42. The van der Waals surface area contributed by atoms with Gasteiger partial charge in [-0.2, -0.15) is 0 Å². The molecule has 0 amide bonds. The maximum absolute atomic E-state index is 11.6. The number of Topliss-reactive ketones (excluding diaryl/α,β-unsaturated/α-hetero) is 1. The summed E-state index contributed by atoms with van der Waals surface area (Å²) in [4.78, 5) is 11.6. The molecule has 72 valence electrons. The van der Waals surface area contributed by atoms with Gasteiger partial charge in [0.05, 0.1) is 12.7 Å². The van der Waals surface area contributed by atoms with E-state index in [4.69, 9.17) is 10.2 Å².